The van der Waals surface area contributed by atoms with Crippen molar-refractivity contribution in [2.24, 2.45) is 11.7 Å². The van der Waals surface area contributed by atoms with Crippen LogP contribution in [0.2, 0.25) is 0 Å². The van der Waals surface area contributed by atoms with E-state index in [1.165, 1.54) is 0 Å². The van der Waals surface area contributed by atoms with E-state index in [1.54, 1.807) is 0 Å². The maximum absolute atomic E-state index is 10.3. The largest absolute Gasteiger partial charge is 0.388 e. The van der Waals surface area contributed by atoms with E-state index in [9.17, 15) is 5.11 Å². The van der Waals surface area contributed by atoms with Gasteiger partial charge in [-0.15, -0.1) is 0 Å². The smallest absolute Gasteiger partial charge is 0.0798 e. The molecule has 0 saturated heterocycles. The van der Waals surface area contributed by atoms with Crippen LogP contribution < -0.4 is 5.73 Å². The van der Waals surface area contributed by atoms with Crippen molar-refractivity contribution in [3.05, 3.63) is 18.0 Å². The lowest BCUT2D eigenvalue weighted by Crippen LogP contribution is -2.41. The maximum Gasteiger partial charge on any atom is 0.0798 e. The standard InChI is InChI=1S/C12H21N3O/c1-10-4-7-15(14-10)8-5-11-3-2-6-12(11,16)9-13/h4,7,11,16H,2-3,5-6,8-9,13H2,1H3. The Morgan fingerprint density at radius 1 is 1.69 bits per heavy atom. The molecule has 1 heterocycles. The van der Waals surface area contributed by atoms with E-state index in [2.05, 4.69) is 5.10 Å². The number of rotatable bonds is 4. The third-order valence-corrected chi connectivity index (χ3v) is 3.76. The Labute approximate surface area is 96.5 Å². The molecule has 4 heteroatoms. The van der Waals surface area contributed by atoms with E-state index in [1.807, 2.05) is 23.9 Å². The number of nitrogens with two attached hydrogens (primary N) is 1. The molecule has 16 heavy (non-hydrogen) atoms. The lowest BCUT2D eigenvalue weighted by atomic mass is 9.88. The summed E-state index contributed by atoms with van der Waals surface area (Å²) in [6.45, 7) is 3.25. The molecule has 0 bridgehead atoms. The van der Waals surface area contributed by atoms with E-state index >= 15 is 0 Å². The van der Waals surface area contributed by atoms with Gasteiger partial charge in [-0.05, 0) is 38.2 Å². The van der Waals surface area contributed by atoms with Gasteiger partial charge in [-0.25, -0.2) is 0 Å². The highest BCUT2D eigenvalue weighted by atomic mass is 16.3. The number of hydrogen-bond donors (Lipinski definition) is 2. The summed E-state index contributed by atoms with van der Waals surface area (Å²) < 4.78 is 1.95. The van der Waals surface area contributed by atoms with Crippen molar-refractivity contribution < 1.29 is 5.11 Å². The van der Waals surface area contributed by atoms with E-state index in [0.717, 1.165) is 37.9 Å². The fourth-order valence-electron chi connectivity index (χ4n) is 2.68. The van der Waals surface area contributed by atoms with Crippen molar-refractivity contribution in [1.29, 1.82) is 0 Å². The van der Waals surface area contributed by atoms with Gasteiger partial charge in [-0.3, -0.25) is 4.68 Å². The second kappa shape index (κ2) is 4.55. The summed E-state index contributed by atoms with van der Waals surface area (Å²) in [5.74, 6) is 0.335. The van der Waals surface area contributed by atoms with E-state index in [-0.39, 0.29) is 0 Å². The second-order valence-electron chi connectivity index (χ2n) is 4.91. The molecule has 1 aliphatic rings. The summed E-state index contributed by atoms with van der Waals surface area (Å²) in [5, 5.41) is 14.6. The molecule has 2 rings (SSSR count). The van der Waals surface area contributed by atoms with Crippen LogP contribution in [0.3, 0.4) is 0 Å². The predicted octanol–water partition coefficient (Wildman–Crippen LogP) is 1.07. The van der Waals surface area contributed by atoms with Crippen LogP contribution in [0.5, 0.6) is 0 Å². The summed E-state index contributed by atoms with van der Waals surface area (Å²) >= 11 is 0. The summed E-state index contributed by atoms with van der Waals surface area (Å²) in [6.07, 6.45) is 6.00. The minimum absolute atomic E-state index is 0.335. The summed E-state index contributed by atoms with van der Waals surface area (Å²) in [5.41, 5.74) is 6.08. The zero-order chi connectivity index (χ0) is 11.6. The Bertz CT molecular complexity index is 350. The zero-order valence-electron chi connectivity index (χ0n) is 9.89. The first-order chi connectivity index (χ1) is 7.64. The Hall–Kier alpha value is -0.870. The quantitative estimate of drug-likeness (QED) is 0.802. The molecule has 3 N–H and O–H groups in total. The molecule has 1 aromatic heterocycles. The first-order valence-electron chi connectivity index (χ1n) is 6.06. The first kappa shape index (κ1) is 11.6. The van der Waals surface area contributed by atoms with Gasteiger partial charge in [-0.2, -0.15) is 5.10 Å². The van der Waals surface area contributed by atoms with Crippen molar-refractivity contribution in [3.8, 4) is 0 Å². The van der Waals surface area contributed by atoms with Gasteiger partial charge in [0.15, 0.2) is 0 Å². The van der Waals surface area contributed by atoms with Gasteiger partial charge in [-0.1, -0.05) is 6.42 Å². The van der Waals surface area contributed by atoms with Crippen molar-refractivity contribution in [1.82, 2.24) is 9.78 Å². The fourth-order valence-corrected chi connectivity index (χ4v) is 2.68. The zero-order valence-corrected chi connectivity index (χ0v) is 9.89. The van der Waals surface area contributed by atoms with Crippen LogP contribution in [0.4, 0.5) is 0 Å². The van der Waals surface area contributed by atoms with Crippen LogP contribution in [0.1, 0.15) is 31.4 Å². The third-order valence-electron chi connectivity index (χ3n) is 3.76. The van der Waals surface area contributed by atoms with Crippen LogP contribution in [0.25, 0.3) is 0 Å². The number of aromatic nitrogens is 2. The van der Waals surface area contributed by atoms with Gasteiger partial charge < -0.3 is 10.8 Å². The average molecular weight is 223 g/mol. The molecule has 2 unspecified atom stereocenters. The Morgan fingerprint density at radius 2 is 2.50 bits per heavy atom. The molecule has 2 atom stereocenters. The number of nitrogens with zero attached hydrogens (tertiary/aromatic N) is 2. The average Bonchev–Trinajstić information content (AvgIpc) is 2.83. The van der Waals surface area contributed by atoms with Gasteiger partial charge in [0, 0.05) is 19.3 Å². The Morgan fingerprint density at radius 3 is 3.12 bits per heavy atom. The molecule has 0 aromatic carbocycles. The Balaban J connectivity index is 1.90. The first-order valence-corrected chi connectivity index (χ1v) is 6.06. The predicted molar refractivity (Wildman–Crippen MR) is 62.9 cm³/mol. The molecular weight excluding hydrogens is 202 g/mol. The topological polar surface area (TPSA) is 64.1 Å². The molecule has 90 valence electrons. The van der Waals surface area contributed by atoms with E-state index < -0.39 is 5.60 Å². The summed E-state index contributed by atoms with van der Waals surface area (Å²) in [4.78, 5) is 0. The number of aryl methyl sites for hydroxylation is 2. The molecule has 0 radical (unpaired) electrons. The van der Waals surface area contributed by atoms with E-state index in [0.29, 0.717) is 12.5 Å². The van der Waals surface area contributed by atoms with Gasteiger partial charge in [0.2, 0.25) is 0 Å². The lowest BCUT2D eigenvalue weighted by molar-refractivity contribution is 0.00628. The number of aliphatic hydroxyl groups is 1. The van der Waals surface area contributed by atoms with E-state index in [4.69, 9.17) is 5.73 Å². The molecule has 1 saturated carbocycles. The molecule has 1 aliphatic carbocycles. The van der Waals surface area contributed by atoms with Crippen molar-refractivity contribution in [2.75, 3.05) is 6.54 Å². The normalized spacial score (nSPS) is 29.8. The minimum Gasteiger partial charge on any atom is -0.388 e. The van der Waals surface area contributed by atoms with Crippen LogP contribution in [0, 0.1) is 12.8 Å². The highest BCUT2D eigenvalue weighted by Gasteiger charge is 2.39. The SMILES string of the molecule is Cc1ccn(CCC2CCCC2(O)CN)n1. The third kappa shape index (κ3) is 2.28. The van der Waals surface area contributed by atoms with Gasteiger partial charge in [0.05, 0.1) is 11.3 Å². The molecule has 0 amide bonds. The highest BCUT2D eigenvalue weighted by Crippen LogP contribution is 2.37. The monoisotopic (exact) mass is 223 g/mol. The highest BCUT2D eigenvalue weighted by molar-refractivity contribution is 4.96. The molecular formula is C12H21N3O. The van der Waals surface area contributed by atoms with Gasteiger partial charge >= 0.3 is 0 Å². The van der Waals surface area contributed by atoms with Crippen molar-refractivity contribution in [2.45, 2.75) is 44.8 Å². The van der Waals surface area contributed by atoms with Crippen LogP contribution in [0.15, 0.2) is 12.3 Å². The van der Waals surface area contributed by atoms with Crippen molar-refractivity contribution in [3.63, 3.8) is 0 Å². The van der Waals surface area contributed by atoms with Gasteiger partial charge in [0.25, 0.3) is 0 Å². The van der Waals surface area contributed by atoms with Crippen LogP contribution in [-0.2, 0) is 6.54 Å². The van der Waals surface area contributed by atoms with Gasteiger partial charge in [0.1, 0.15) is 0 Å². The Kier molecular flexibility index (Phi) is 3.30. The molecule has 0 aliphatic heterocycles. The molecule has 4 nitrogen and oxygen atoms in total. The fraction of sp³-hybridized carbons (Fsp3) is 0.750. The summed E-state index contributed by atoms with van der Waals surface area (Å²) in [6, 6.07) is 2.00. The number of hydrogen-bond acceptors (Lipinski definition) is 3. The van der Waals surface area contributed by atoms with Crippen molar-refractivity contribution >= 4 is 0 Å². The molecule has 1 aromatic rings. The maximum atomic E-state index is 10.3. The second-order valence-corrected chi connectivity index (χ2v) is 4.91. The molecule has 0 spiro atoms. The van der Waals surface area contributed by atoms with Crippen LogP contribution >= 0.6 is 0 Å². The lowest BCUT2D eigenvalue weighted by Gasteiger charge is -2.28. The van der Waals surface area contributed by atoms with Crippen LogP contribution in [-0.4, -0.2) is 27.0 Å². The summed E-state index contributed by atoms with van der Waals surface area (Å²) in [7, 11) is 0. The minimum atomic E-state index is -0.623. The molecule has 1 fully saturated rings.